The lowest BCUT2D eigenvalue weighted by Crippen LogP contribution is -2.41. The first-order valence-electron chi connectivity index (χ1n) is 5.56. The molecule has 2 N–H and O–H groups in total. The molecule has 1 unspecified atom stereocenters. The van der Waals surface area contributed by atoms with Crippen molar-refractivity contribution in [1.82, 2.24) is 5.32 Å². The maximum absolute atomic E-state index is 11.7. The van der Waals surface area contributed by atoms with Crippen molar-refractivity contribution in [2.45, 2.75) is 52.5 Å². The van der Waals surface area contributed by atoms with Crippen LogP contribution in [0.1, 0.15) is 46.5 Å². The Labute approximate surface area is 91.1 Å². The van der Waals surface area contributed by atoms with Crippen LogP contribution in [0.5, 0.6) is 0 Å². The van der Waals surface area contributed by atoms with E-state index in [1.165, 1.54) is 6.92 Å². The smallest absolute Gasteiger partial charge is 0.325 e. The number of rotatable bonds is 7. The van der Waals surface area contributed by atoms with E-state index in [0.717, 1.165) is 25.7 Å². The van der Waals surface area contributed by atoms with Crippen LogP contribution in [0.15, 0.2) is 0 Å². The first kappa shape index (κ1) is 13.9. The van der Waals surface area contributed by atoms with Crippen LogP contribution >= 0.6 is 0 Å². The molecule has 0 heterocycles. The second kappa shape index (κ2) is 7.26. The fraction of sp³-hybridized carbons (Fsp3) is 0.818. The SMILES string of the molecule is CCCC(CCC)C(=O)NC(C)C(=O)O. The minimum absolute atomic E-state index is 0.0400. The lowest BCUT2D eigenvalue weighted by molar-refractivity contribution is -0.142. The zero-order valence-corrected chi connectivity index (χ0v) is 9.75. The molecule has 0 saturated carbocycles. The maximum Gasteiger partial charge on any atom is 0.325 e. The third-order valence-electron chi connectivity index (χ3n) is 2.37. The Morgan fingerprint density at radius 2 is 1.67 bits per heavy atom. The molecule has 0 aliphatic carbocycles. The minimum atomic E-state index is -0.991. The summed E-state index contributed by atoms with van der Waals surface area (Å²) in [6.07, 6.45) is 3.54. The van der Waals surface area contributed by atoms with Gasteiger partial charge in [-0.15, -0.1) is 0 Å². The topological polar surface area (TPSA) is 66.4 Å². The monoisotopic (exact) mass is 215 g/mol. The van der Waals surface area contributed by atoms with Crippen LogP contribution in [0.3, 0.4) is 0 Å². The van der Waals surface area contributed by atoms with E-state index in [2.05, 4.69) is 5.32 Å². The van der Waals surface area contributed by atoms with Gasteiger partial charge in [0.2, 0.25) is 5.91 Å². The first-order chi connectivity index (χ1) is 7.02. The molecule has 4 nitrogen and oxygen atoms in total. The van der Waals surface area contributed by atoms with Crippen LogP contribution < -0.4 is 5.32 Å². The molecule has 15 heavy (non-hydrogen) atoms. The van der Waals surface area contributed by atoms with Crippen LogP contribution in [0.4, 0.5) is 0 Å². The van der Waals surface area contributed by atoms with E-state index < -0.39 is 12.0 Å². The van der Waals surface area contributed by atoms with Crippen LogP contribution in [-0.2, 0) is 9.59 Å². The van der Waals surface area contributed by atoms with Crippen molar-refractivity contribution >= 4 is 11.9 Å². The summed E-state index contributed by atoms with van der Waals surface area (Å²) >= 11 is 0. The summed E-state index contributed by atoms with van der Waals surface area (Å²) in [6, 6.07) is -0.797. The first-order valence-corrected chi connectivity index (χ1v) is 5.56. The number of hydrogen-bond acceptors (Lipinski definition) is 2. The second-order valence-corrected chi connectivity index (χ2v) is 3.84. The van der Waals surface area contributed by atoms with Gasteiger partial charge < -0.3 is 10.4 Å². The van der Waals surface area contributed by atoms with Crippen molar-refractivity contribution in [3.05, 3.63) is 0 Å². The molecule has 0 aliphatic rings. The number of hydrogen-bond donors (Lipinski definition) is 2. The number of carbonyl (C=O) groups is 2. The Bertz CT molecular complexity index is 210. The zero-order valence-electron chi connectivity index (χ0n) is 9.75. The van der Waals surface area contributed by atoms with Crippen molar-refractivity contribution in [1.29, 1.82) is 0 Å². The largest absolute Gasteiger partial charge is 0.480 e. The van der Waals surface area contributed by atoms with Gasteiger partial charge in [0.25, 0.3) is 0 Å². The molecule has 0 aromatic rings. The molecule has 0 radical (unpaired) electrons. The molecule has 0 aromatic carbocycles. The highest BCUT2D eigenvalue weighted by atomic mass is 16.4. The van der Waals surface area contributed by atoms with Gasteiger partial charge in [0, 0.05) is 5.92 Å². The van der Waals surface area contributed by atoms with Crippen molar-refractivity contribution in [2.24, 2.45) is 5.92 Å². The molecule has 1 atom stereocenters. The normalized spacial score (nSPS) is 12.5. The number of aliphatic carboxylic acids is 1. The third kappa shape index (κ3) is 5.40. The van der Waals surface area contributed by atoms with Gasteiger partial charge in [-0.05, 0) is 19.8 Å². The number of carbonyl (C=O) groups excluding carboxylic acids is 1. The second-order valence-electron chi connectivity index (χ2n) is 3.84. The number of nitrogens with one attached hydrogen (secondary N) is 1. The Balaban J connectivity index is 4.18. The average Bonchev–Trinajstić information content (AvgIpc) is 2.17. The van der Waals surface area contributed by atoms with Crippen LogP contribution in [0.2, 0.25) is 0 Å². The van der Waals surface area contributed by atoms with Crippen LogP contribution in [0, 0.1) is 5.92 Å². The zero-order chi connectivity index (χ0) is 11.8. The lowest BCUT2D eigenvalue weighted by atomic mass is 9.97. The highest BCUT2D eigenvalue weighted by Crippen LogP contribution is 2.13. The third-order valence-corrected chi connectivity index (χ3v) is 2.37. The fourth-order valence-electron chi connectivity index (χ4n) is 1.50. The van der Waals surface area contributed by atoms with E-state index in [1.54, 1.807) is 0 Å². The Hall–Kier alpha value is -1.06. The Morgan fingerprint density at radius 1 is 1.20 bits per heavy atom. The van der Waals surface area contributed by atoms with Gasteiger partial charge in [-0.25, -0.2) is 0 Å². The van der Waals surface area contributed by atoms with E-state index in [0.29, 0.717) is 0 Å². The Morgan fingerprint density at radius 3 is 2.00 bits per heavy atom. The predicted octanol–water partition coefficient (Wildman–Crippen LogP) is 1.79. The molecule has 0 saturated heterocycles. The molecule has 0 bridgehead atoms. The van der Waals surface area contributed by atoms with Crippen molar-refractivity contribution in [3.63, 3.8) is 0 Å². The summed E-state index contributed by atoms with van der Waals surface area (Å²) in [7, 11) is 0. The molecule has 0 rings (SSSR count). The molecule has 0 fully saturated rings. The van der Waals surface area contributed by atoms with Crippen molar-refractivity contribution < 1.29 is 14.7 Å². The molecular weight excluding hydrogens is 194 g/mol. The van der Waals surface area contributed by atoms with Gasteiger partial charge in [0.1, 0.15) is 6.04 Å². The molecular formula is C11H21NO3. The predicted molar refractivity (Wildman–Crippen MR) is 58.5 cm³/mol. The minimum Gasteiger partial charge on any atom is -0.480 e. The molecule has 4 heteroatoms. The summed E-state index contributed by atoms with van der Waals surface area (Å²) in [4.78, 5) is 22.2. The van der Waals surface area contributed by atoms with E-state index >= 15 is 0 Å². The highest BCUT2D eigenvalue weighted by molar-refractivity contribution is 5.84. The van der Waals surface area contributed by atoms with Gasteiger partial charge in [-0.3, -0.25) is 9.59 Å². The summed E-state index contributed by atoms with van der Waals surface area (Å²) in [5, 5.41) is 11.2. The standard InChI is InChI=1S/C11H21NO3/c1-4-6-9(7-5-2)10(13)12-8(3)11(14)15/h8-9H,4-7H2,1-3H3,(H,12,13)(H,14,15). The number of carboxylic acid groups (broad SMARTS) is 1. The van der Waals surface area contributed by atoms with Gasteiger partial charge in [-0.1, -0.05) is 26.7 Å². The highest BCUT2D eigenvalue weighted by Gasteiger charge is 2.20. The van der Waals surface area contributed by atoms with Crippen LogP contribution in [-0.4, -0.2) is 23.0 Å². The van der Waals surface area contributed by atoms with Gasteiger partial charge in [0.15, 0.2) is 0 Å². The summed E-state index contributed by atoms with van der Waals surface area (Å²) in [5.41, 5.74) is 0. The molecule has 88 valence electrons. The van der Waals surface area contributed by atoms with E-state index in [4.69, 9.17) is 5.11 Å². The summed E-state index contributed by atoms with van der Waals surface area (Å²) < 4.78 is 0. The lowest BCUT2D eigenvalue weighted by Gasteiger charge is -2.17. The summed E-state index contributed by atoms with van der Waals surface area (Å²) in [5.74, 6) is -1.16. The van der Waals surface area contributed by atoms with Crippen molar-refractivity contribution in [2.75, 3.05) is 0 Å². The molecule has 0 aliphatic heterocycles. The van der Waals surface area contributed by atoms with Gasteiger partial charge in [-0.2, -0.15) is 0 Å². The summed E-state index contributed by atoms with van der Waals surface area (Å²) in [6.45, 7) is 5.53. The van der Waals surface area contributed by atoms with Crippen LogP contribution in [0.25, 0.3) is 0 Å². The quantitative estimate of drug-likeness (QED) is 0.680. The van der Waals surface area contributed by atoms with E-state index in [9.17, 15) is 9.59 Å². The average molecular weight is 215 g/mol. The van der Waals surface area contributed by atoms with Crippen molar-refractivity contribution in [3.8, 4) is 0 Å². The van der Waals surface area contributed by atoms with Gasteiger partial charge >= 0.3 is 5.97 Å². The number of amides is 1. The van der Waals surface area contributed by atoms with E-state index in [1.807, 2.05) is 13.8 Å². The number of carboxylic acids is 1. The van der Waals surface area contributed by atoms with Gasteiger partial charge in [0.05, 0.1) is 0 Å². The molecule has 0 spiro atoms. The fourth-order valence-corrected chi connectivity index (χ4v) is 1.50. The Kier molecular flexibility index (Phi) is 6.75. The molecule has 1 amide bonds. The molecule has 0 aromatic heterocycles. The van der Waals surface area contributed by atoms with E-state index in [-0.39, 0.29) is 11.8 Å². The maximum atomic E-state index is 11.7.